The average Bonchev–Trinajstić information content (AvgIpc) is 2.28. The van der Waals surface area contributed by atoms with E-state index in [-0.39, 0.29) is 5.60 Å². The molecule has 0 N–H and O–H groups in total. The number of ether oxygens (including phenoxy) is 1. The third kappa shape index (κ3) is 3.79. The average molecular weight is 328 g/mol. The first kappa shape index (κ1) is 16.6. The summed E-state index contributed by atoms with van der Waals surface area (Å²) in [5.74, 6) is 1.42. The molecule has 0 fully saturated rings. The predicted octanol–water partition coefficient (Wildman–Crippen LogP) is 5.07. The van der Waals surface area contributed by atoms with Gasteiger partial charge in [-0.2, -0.15) is 0 Å². The topological polar surface area (TPSA) is 22.1 Å². The summed E-state index contributed by atoms with van der Waals surface area (Å²) in [5.41, 5.74) is 0.866. The molecule has 108 valence electrons. The van der Waals surface area contributed by atoms with Crippen LogP contribution in [0, 0.1) is 17.8 Å². The van der Waals surface area contributed by atoms with Crippen molar-refractivity contribution in [2.75, 3.05) is 0 Å². The van der Waals surface area contributed by atoms with Crippen LogP contribution in [0.5, 0.6) is 0 Å². The van der Waals surface area contributed by atoms with Gasteiger partial charge >= 0.3 is 0 Å². The molecule has 0 aliphatic carbocycles. The lowest BCUT2D eigenvalue weighted by atomic mass is 9.72. The van der Waals surface area contributed by atoms with E-state index in [1.807, 2.05) is 18.2 Å². The summed E-state index contributed by atoms with van der Waals surface area (Å²) in [7, 11) is 0. The van der Waals surface area contributed by atoms with Crippen molar-refractivity contribution in [1.82, 2.24) is 4.98 Å². The van der Waals surface area contributed by atoms with Crippen molar-refractivity contribution >= 4 is 15.9 Å². The summed E-state index contributed by atoms with van der Waals surface area (Å²) < 4.78 is 7.23. The molecule has 0 saturated heterocycles. The van der Waals surface area contributed by atoms with E-state index in [2.05, 4.69) is 62.5 Å². The Labute approximate surface area is 126 Å². The van der Waals surface area contributed by atoms with Crippen LogP contribution in [0.4, 0.5) is 0 Å². The minimum atomic E-state index is -0.107. The number of hydrogen-bond acceptors (Lipinski definition) is 2. The number of aromatic nitrogens is 1. The van der Waals surface area contributed by atoms with Gasteiger partial charge in [0.2, 0.25) is 0 Å². The van der Waals surface area contributed by atoms with E-state index in [1.54, 1.807) is 0 Å². The first-order valence-corrected chi connectivity index (χ1v) is 7.85. The van der Waals surface area contributed by atoms with Crippen LogP contribution in [0.1, 0.15) is 47.2 Å². The lowest BCUT2D eigenvalue weighted by molar-refractivity contribution is -0.150. The number of pyridine rings is 1. The summed E-state index contributed by atoms with van der Waals surface area (Å²) >= 11 is 3.40. The van der Waals surface area contributed by atoms with Gasteiger partial charge in [0.1, 0.15) is 4.60 Å². The molecule has 0 amide bonds. The van der Waals surface area contributed by atoms with Crippen LogP contribution in [0.3, 0.4) is 0 Å². The van der Waals surface area contributed by atoms with Crippen LogP contribution in [-0.2, 0) is 11.3 Å². The summed E-state index contributed by atoms with van der Waals surface area (Å²) in [6.45, 7) is 14.0. The first-order chi connectivity index (χ1) is 8.80. The Bertz CT molecular complexity index is 380. The SMILES string of the molecule is CC(C)C(OCc1cccc(Br)n1)(C(C)C)C(C)C. The standard InChI is InChI=1S/C16H26BrNO/c1-11(2)16(12(3)4,13(5)6)19-10-14-8-7-9-15(17)18-14/h7-9,11-13H,10H2,1-6H3. The summed E-state index contributed by atoms with van der Waals surface area (Å²) in [6.07, 6.45) is 0. The zero-order valence-corrected chi connectivity index (χ0v) is 14.5. The van der Waals surface area contributed by atoms with E-state index >= 15 is 0 Å². The highest BCUT2D eigenvalue weighted by Crippen LogP contribution is 2.38. The summed E-state index contributed by atoms with van der Waals surface area (Å²) in [5, 5.41) is 0. The third-order valence-electron chi connectivity index (χ3n) is 3.95. The fourth-order valence-corrected chi connectivity index (χ4v) is 3.61. The van der Waals surface area contributed by atoms with Crippen LogP contribution < -0.4 is 0 Å². The second-order valence-electron chi connectivity index (χ2n) is 6.06. The quantitative estimate of drug-likeness (QED) is 0.680. The molecule has 0 aromatic carbocycles. The smallest absolute Gasteiger partial charge is 0.106 e. The van der Waals surface area contributed by atoms with Gasteiger partial charge in [0, 0.05) is 0 Å². The van der Waals surface area contributed by atoms with Crippen LogP contribution in [0.25, 0.3) is 0 Å². The Hall–Kier alpha value is -0.410. The highest BCUT2D eigenvalue weighted by molar-refractivity contribution is 9.10. The lowest BCUT2D eigenvalue weighted by Gasteiger charge is -2.44. The maximum absolute atomic E-state index is 6.37. The van der Waals surface area contributed by atoms with E-state index in [0.717, 1.165) is 10.3 Å². The molecular formula is C16H26BrNO. The van der Waals surface area contributed by atoms with Crippen molar-refractivity contribution in [3.63, 3.8) is 0 Å². The van der Waals surface area contributed by atoms with Gasteiger partial charge < -0.3 is 4.74 Å². The third-order valence-corrected chi connectivity index (χ3v) is 4.39. The fraction of sp³-hybridized carbons (Fsp3) is 0.688. The maximum atomic E-state index is 6.37. The molecule has 19 heavy (non-hydrogen) atoms. The van der Waals surface area contributed by atoms with Gasteiger partial charge in [0.15, 0.2) is 0 Å². The van der Waals surface area contributed by atoms with Crippen molar-refractivity contribution in [3.8, 4) is 0 Å². The first-order valence-electron chi connectivity index (χ1n) is 7.06. The fourth-order valence-electron chi connectivity index (χ4n) is 3.23. The van der Waals surface area contributed by atoms with Crippen LogP contribution in [0.15, 0.2) is 22.8 Å². The Morgan fingerprint density at radius 2 is 1.58 bits per heavy atom. The molecule has 1 aromatic rings. The monoisotopic (exact) mass is 327 g/mol. The van der Waals surface area contributed by atoms with E-state index in [0.29, 0.717) is 24.4 Å². The largest absolute Gasteiger partial charge is 0.368 e. The van der Waals surface area contributed by atoms with Gasteiger partial charge in [-0.25, -0.2) is 4.98 Å². The van der Waals surface area contributed by atoms with Gasteiger partial charge in [-0.05, 0) is 45.8 Å². The zero-order valence-electron chi connectivity index (χ0n) is 12.9. The van der Waals surface area contributed by atoms with Crippen LogP contribution in [-0.4, -0.2) is 10.6 Å². The van der Waals surface area contributed by atoms with Crippen molar-refractivity contribution < 1.29 is 4.74 Å². The Morgan fingerprint density at radius 3 is 2.00 bits per heavy atom. The number of halogens is 1. The molecule has 0 bridgehead atoms. The molecule has 1 aromatic heterocycles. The molecule has 1 heterocycles. The second-order valence-corrected chi connectivity index (χ2v) is 6.87. The molecule has 1 rings (SSSR count). The highest BCUT2D eigenvalue weighted by Gasteiger charge is 2.41. The number of hydrogen-bond donors (Lipinski definition) is 0. The van der Waals surface area contributed by atoms with Crippen molar-refractivity contribution in [2.45, 2.75) is 53.8 Å². The minimum Gasteiger partial charge on any atom is -0.368 e. The van der Waals surface area contributed by atoms with E-state index in [9.17, 15) is 0 Å². The molecule has 2 nitrogen and oxygen atoms in total. The molecule has 0 unspecified atom stereocenters. The molecule has 0 saturated carbocycles. The molecule has 0 atom stereocenters. The molecule has 3 heteroatoms. The van der Waals surface area contributed by atoms with Crippen LogP contribution >= 0.6 is 15.9 Å². The van der Waals surface area contributed by atoms with Gasteiger partial charge in [-0.3, -0.25) is 0 Å². The maximum Gasteiger partial charge on any atom is 0.106 e. The van der Waals surface area contributed by atoms with Gasteiger partial charge in [-0.15, -0.1) is 0 Å². The van der Waals surface area contributed by atoms with Crippen molar-refractivity contribution in [2.24, 2.45) is 17.8 Å². The van der Waals surface area contributed by atoms with Crippen LogP contribution in [0.2, 0.25) is 0 Å². The Balaban J connectivity index is 2.90. The number of rotatable bonds is 6. The molecule has 0 aliphatic rings. The van der Waals surface area contributed by atoms with Gasteiger partial charge in [-0.1, -0.05) is 47.6 Å². The second kappa shape index (κ2) is 6.85. The number of nitrogens with zero attached hydrogens (tertiary/aromatic N) is 1. The minimum absolute atomic E-state index is 0.107. The molecule has 0 spiro atoms. The highest BCUT2D eigenvalue weighted by atomic mass is 79.9. The Morgan fingerprint density at radius 1 is 1.05 bits per heavy atom. The molecule has 0 aliphatic heterocycles. The molecular weight excluding hydrogens is 302 g/mol. The van der Waals surface area contributed by atoms with Crippen molar-refractivity contribution in [3.05, 3.63) is 28.5 Å². The van der Waals surface area contributed by atoms with Crippen molar-refractivity contribution in [1.29, 1.82) is 0 Å². The lowest BCUT2D eigenvalue weighted by Crippen LogP contribution is -2.48. The van der Waals surface area contributed by atoms with E-state index in [1.165, 1.54) is 0 Å². The normalized spacial score (nSPS) is 12.7. The Kier molecular flexibility index (Phi) is 6.00. The molecule has 0 radical (unpaired) electrons. The predicted molar refractivity (Wildman–Crippen MR) is 84.0 cm³/mol. The van der Waals surface area contributed by atoms with Gasteiger partial charge in [0.25, 0.3) is 0 Å². The van der Waals surface area contributed by atoms with E-state index in [4.69, 9.17) is 4.74 Å². The van der Waals surface area contributed by atoms with E-state index < -0.39 is 0 Å². The van der Waals surface area contributed by atoms with Gasteiger partial charge in [0.05, 0.1) is 17.9 Å². The zero-order chi connectivity index (χ0) is 14.6. The summed E-state index contributed by atoms with van der Waals surface area (Å²) in [4.78, 5) is 4.45. The summed E-state index contributed by atoms with van der Waals surface area (Å²) in [6, 6.07) is 5.94.